The molecule has 0 radical (unpaired) electrons. The number of hydrogen-bond acceptors (Lipinski definition) is 4. The highest BCUT2D eigenvalue weighted by Gasteiger charge is 2.03. The zero-order valence-corrected chi connectivity index (χ0v) is 11.0. The summed E-state index contributed by atoms with van der Waals surface area (Å²) in [6.07, 6.45) is 0. The van der Waals surface area contributed by atoms with Gasteiger partial charge in [-0.3, -0.25) is 10.1 Å². The van der Waals surface area contributed by atoms with Crippen LogP contribution in [0.1, 0.15) is 5.56 Å². The molecule has 0 fully saturated rings. The minimum absolute atomic E-state index is 0.0934. The van der Waals surface area contributed by atoms with Crippen molar-refractivity contribution >= 4 is 11.4 Å². The van der Waals surface area contributed by atoms with Gasteiger partial charge in [-0.1, -0.05) is 30.3 Å². The standard InChI is InChI=1S/C15H16N2O3/c18-17(19)15-8-6-14(7-9-15)16-10-11-20-12-13-4-2-1-3-5-13/h1-9,16H,10-12H2. The number of nitro groups is 1. The lowest BCUT2D eigenvalue weighted by molar-refractivity contribution is -0.384. The second kappa shape index (κ2) is 7.25. The van der Waals surface area contributed by atoms with E-state index in [0.29, 0.717) is 19.8 Å². The Kier molecular flexibility index (Phi) is 5.08. The molecule has 5 heteroatoms. The van der Waals surface area contributed by atoms with Crippen LogP contribution in [-0.4, -0.2) is 18.1 Å². The summed E-state index contributed by atoms with van der Waals surface area (Å²) in [4.78, 5) is 10.1. The van der Waals surface area contributed by atoms with Crippen LogP contribution >= 0.6 is 0 Å². The van der Waals surface area contributed by atoms with Crippen LogP contribution in [0.2, 0.25) is 0 Å². The summed E-state index contributed by atoms with van der Waals surface area (Å²) >= 11 is 0. The lowest BCUT2D eigenvalue weighted by atomic mass is 10.2. The third-order valence-electron chi connectivity index (χ3n) is 2.77. The Balaban J connectivity index is 1.67. The van der Waals surface area contributed by atoms with Gasteiger partial charge < -0.3 is 10.1 Å². The van der Waals surface area contributed by atoms with Gasteiger partial charge >= 0.3 is 0 Å². The van der Waals surface area contributed by atoms with E-state index >= 15 is 0 Å². The molecular formula is C15H16N2O3. The topological polar surface area (TPSA) is 64.4 Å². The van der Waals surface area contributed by atoms with Gasteiger partial charge in [0.05, 0.1) is 18.1 Å². The Bertz CT molecular complexity index is 541. The summed E-state index contributed by atoms with van der Waals surface area (Å²) < 4.78 is 5.53. The van der Waals surface area contributed by atoms with Crippen LogP contribution in [0.5, 0.6) is 0 Å². The molecular weight excluding hydrogens is 256 g/mol. The van der Waals surface area contributed by atoms with Crippen molar-refractivity contribution < 1.29 is 9.66 Å². The number of benzene rings is 2. The average molecular weight is 272 g/mol. The van der Waals surface area contributed by atoms with E-state index in [1.807, 2.05) is 30.3 Å². The highest BCUT2D eigenvalue weighted by Crippen LogP contribution is 2.14. The van der Waals surface area contributed by atoms with Gasteiger partial charge in [-0.2, -0.15) is 0 Å². The van der Waals surface area contributed by atoms with Crippen molar-refractivity contribution in [3.05, 3.63) is 70.3 Å². The lowest BCUT2D eigenvalue weighted by Crippen LogP contribution is -2.09. The van der Waals surface area contributed by atoms with Gasteiger partial charge in [0.15, 0.2) is 0 Å². The first-order valence-corrected chi connectivity index (χ1v) is 6.36. The minimum Gasteiger partial charge on any atom is -0.383 e. The van der Waals surface area contributed by atoms with E-state index in [1.165, 1.54) is 12.1 Å². The molecule has 0 heterocycles. The summed E-state index contributed by atoms with van der Waals surface area (Å²) in [6.45, 7) is 1.82. The quantitative estimate of drug-likeness (QED) is 0.477. The van der Waals surface area contributed by atoms with Crippen molar-refractivity contribution in [3.8, 4) is 0 Å². The number of hydrogen-bond donors (Lipinski definition) is 1. The van der Waals surface area contributed by atoms with Crippen LogP contribution in [0.3, 0.4) is 0 Å². The number of anilines is 1. The minimum atomic E-state index is -0.410. The molecule has 0 amide bonds. The van der Waals surface area contributed by atoms with Gasteiger partial charge in [0.1, 0.15) is 0 Å². The number of nitro benzene ring substituents is 1. The van der Waals surface area contributed by atoms with E-state index in [-0.39, 0.29) is 5.69 Å². The molecule has 1 N–H and O–H groups in total. The van der Waals surface area contributed by atoms with E-state index in [0.717, 1.165) is 11.3 Å². The van der Waals surface area contributed by atoms with Gasteiger partial charge in [-0.15, -0.1) is 0 Å². The molecule has 0 unspecified atom stereocenters. The second-order valence-electron chi connectivity index (χ2n) is 4.27. The molecule has 0 saturated carbocycles. The predicted octanol–water partition coefficient (Wildman–Crippen LogP) is 3.22. The van der Waals surface area contributed by atoms with Gasteiger partial charge in [-0.05, 0) is 17.7 Å². The molecule has 0 aliphatic carbocycles. The van der Waals surface area contributed by atoms with Crippen molar-refractivity contribution in [2.24, 2.45) is 0 Å². The zero-order valence-electron chi connectivity index (χ0n) is 11.0. The molecule has 20 heavy (non-hydrogen) atoms. The summed E-state index contributed by atoms with van der Waals surface area (Å²) in [5.41, 5.74) is 2.08. The maximum absolute atomic E-state index is 10.5. The fourth-order valence-corrected chi connectivity index (χ4v) is 1.73. The van der Waals surface area contributed by atoms with Crippen LogP contribution < -0.4 is 5.32 Å². The Labute approximate surface area is 117 Å². The second-order valence-corrected chi connectivity index (χ2v) is 4.27. The molecule has 0 spiro atoms. The monoisotopic (exact) mass is 272 g/mol. The van der Waals surface area contributed by atoms with E-state index in [4.69, 9.17) is 4.74 Å². The van der Waals surface area contributed by atoms with Crippen molar-refractivity contribution in [1.29, 1.82) is 0 Å². The van der Waals surface area contributed by atoms with Crippen LogP contribution in [0.4, 0.5) is 11.4 Å². The van der Waals surface area contributed by atoms with Crippen molar-refractivity contribution in [2.45, 2.75) is 6.61 Å². The molecule has 2 aromatic carbocycles. The Hall–Kier alpha value is -2.40. The molecule has 0 bridgehead atoms. The van der Waals surface area contributed by atoms with Gasteiger partial charge in [0, 0.05) is 24.4 Å². The first-order valence-electron chi connectivity index (χ1n) is 6.36. The van der Waals surface area contributed by atoms with Crippen molar-refractivity contribution in [2.75, 3.05) is 18.5 Å². The highest BCUT2D eigenvalue weighted by atomic mass is 16.6. The molecule has 0 atom stereocenters. The van der Waals surface area contributed by atoms with Gasteiger partial charge in [-0.25, -0.2) is 0 Å². The van der Waals surface area contributed by atoms with Crippen molar-refractivity contribution in [3.63, 3.8) is 0 Å². The number of non-ortho nitro benzene ring substituents is 1. The van der Waals surface area contributed by atoms with E-state index in [2.05, 4.69) is 5.32 Å². The fourth-order valence-electron chi connectivity index (χ4n) is 1.73. The van der Waals surface area contributed by atoms with Crippen LogP contribution in [0.15, 0.2) is 54.6 Å². The Morgan fingerprint density at radius 3 is 2.40 bits per heavy atom. The first kappa shape index (κ1) is 14.0. The first-order chi connectivity index (χ1) is 9.75. The van der Waals surface area contributed by atoms with Crippen LogP contribution in [-0.2, 0) is 11.3 Å². The molecule has 5 nitrogen and oxygen atoms in total. The van der Waals surface area contributed by atoms with Gasteiger partial charge in [0.25, 0.3) is 5.69 Å². The fraction of sp³-hybridized carbons (Fsp3) is 0.200. The maximum atomic E-state index is 10.5. The van der Waals surface area contributed by atoms with E-state index in [1.54, 1.807) is 12.1 Å². The largest absolute Gasteiger partial charge is 0.383 e. The summed E-state index contributed by atoms with van der Waals surface area (Å²) in [6, 6.07) is 16.3. The molecule has 0 aliphatic heterocycles. The van der Waals surface area contributed by atoms with Gasteiger partial charge in [0.2, 0.25) is 0 Å². The number of ether oxygens (including phenoxy) is 1. The Morgan fingerprint density at radius 2 is 1.75 bits per heavy atom. The number of nitrogens with one attached hydrogen (secondary N) is 1. The predicted molar refractivity (Wildman–Crippen MR) is 77.7 cm³/mol. The lowest BCUT2D eigenvalue weighted by Gasteiger charge is -2.07. The summed E-state index contributed by atoms with van der Waals surface area (Å²) in [5, 5.41) is 13.7. The third kappa shape index (κ3) is 4.37. The Morgan fingerprint density at radius 1 is 1.05 bits per heavy atom. The molecule has 0 aromatic heterocycles. The molecule has 2 aromatic rings. The number of nitrogens with zero attached hydrogens (tertiary/aromatic N) is 1. The molecule has 2 rings (SSSR count). The SMILES string of the molecule is O=[N+]([O-])c1ccc(NCCOCc2ccccc2)cc1. The van der Waals surface area contributed by atoms with E-state index < -0.39 is 4.92 Å². The van der Waals surface area contributed by atoms with Crippen molar-refractivity contribution in [1.82, 2.24) is 0 Å². The third-order valence-corrected chi connectivity index (χ3v) is 2.77. The highest BCUT2D eigenvalue weighted by molar-refractivity contribution is 5.48. The normalized spacial score (nSPS) is 10.2. The maximum Gasteiger partial charge on any atom is 0.269 e. The molecule has 0 aliphatic rings. The van der Waals surface area contributed by atoms with Crippen LogP contribution in [0, 0.1) is 10.1 Å². The summed E-state index contributed by atoms with van der Waals surface area (Å²) in [5.74, 6) is 0. The van der Waals surface area contributed by atoms with Crippen LogP contribution in [0.25, 0.3) is 0 Å². The summed E-state index contributed by atoms with van der Waals surface area (Å²) in [7, 11) is 0. The number of rotatable bonds is 7. The average Bonchev–Trinajstić information content (AvgIpc) is 2.48. The zero-order chi connectivity index (χ0) is 14.2. The molecule has 104 valence electrons. The molecule has 0 saturated heterocycles. The van der Waals surface area contributed by atoms with E-state index in [9.17, 15) is 10.1 Å². The smallest absolute Gasteiger partial charge is 0.269 e.